The average Bonchev–Trinajstić information content (AvgIpc) is 2.61. The van der Waals surface area contributed by atoms with E-state index >= 15 is 0 Å². The fraction of sp³-hybridized carbons (Fsp3) is 0.278. The molecule has 0 radical (unpaired) electrons. The van der Waals surface area contributed by atoms with Crippen LogP contribution in [0.4, 0.5) is 5.69 Å². The molecule has 6 nitrogen and oxygen atoms in total. The van der Waals surface area contributed by atoms with Gasteiger partial charge in [0, 0.05) is 24.8 Å². The molecule has 0 fully saturated rings. The highest BCUT2D eigenvalue weighted by molar-refractivity contribution is 7.92. The number of benzene rings is 2. The van der Waals surface area contributed by atoms with Gasteiger partial charge in [0.05, 0.1) is 21.2 Å². The Balaban J connectivity index is 2.03. The Kier molecular flexibility index (Phi) is 7.91. The first-order chi connectivity index (χ1) is 12.8. The third kappa shape index (κ3) is 6.39. The molecule has 0 atom stereocenters. The van der Waals surface area contributed by atoms with E-state index in [4.69, 9.17) is 27.9 Å². The number of rotatable bonds is 9. The molecule has 0 aliphatic carbocycles. The largest absolute Gasteiger partial charge is 0.382 e. The zero-order chi connectivity index (χ0) is 19.9. The fourth-order valence-corrected chi connectivity index (χ4v) is 3.65. The predicted octanol–water partition coefficient (Wildman–Crippen LogP) is 3.95. The summed E-state index contributed by atoms with van der Waals surface area (Å²) in [6.45, 7) is 3.56. The van der Waals surface area contributed by atoms with Gasteiger partial charge in [-0.05, 0) is 55.8 Å². The number of anilines is 1. The van der Waals surface area contributed by atoms with Crippen molar-refractivity contribution in [2.45, 2.75) is 18.2 Å². The third-order valence-corrected chi connectivity index (χ3v) is 5.51. The van der Waals surface area contributed by atoms with E-state index in [1.54, 1.807) is 0 Å². The maximum Gasteiger partial charge on any atom is 0.261 e. The molecular formula is C18H20Cl2N2O4S. The summed E-state index contributed by atoms with van der Waals surface area (Å²) >= 11 is 11.9. The van der Waals surface area contributed by atoms with Crippen molar-refractivity contribution < 1.29 is 17.9 Å². The first-order valence-corrected chi connectivity index (χ1v) is 10.5. The van der Waals surface area contributed by atoms with Gasteiger partial charge in [0.1, 0.15) is 0 Å². The van der Waals surface area contributed by atoms with E-state index in [1.165, 1.54) is 42.5 Å². The van der Waals surface area contributed by atoms with Crippen molar-refractivity contribution in [1.82, 2.24) is 5.32 Å². The second kappa shape index (κ2) is 9.94. The van der Waals surface area contributed by atoms with Crippen molar-refractivity contribution in [3.8, 4) is 0 Å². The van der Waals surface area contributed by atoms with Crippen LogP contribution in [0.3, 0.4) is 0 Å². The van der Waals surface area contributed by atoms with Crippen LogP contribution in [0.1, 0.15) is 23.7 Å². The molecule has 1 amide bonds. The lowest BCUT2D eigenvalue weighted by Gasteiger charge is -2.11. The van der Waals surface area contributed by atoms with E-state index in [9.17, 15) is 13.2 Å². The van der Waals surface area contributed by atoms with Crippen molar-refractivity contribution in [2.24, 2.45) is 0 Å². The lowest BCUT2D eigenvalue weighted by Crippen LogP contribution is -2.25. The lowest BCUT2D eigenvalue weighted by molar-refractivity contribution is 0.0944. The number of hydrogen-bond donors (Lipinski definition) is 2. The standard InChI is InChI=1S/C18H20Cl2N2O4S/c1-2-26-11-3-10-21-18(23)16-9-6-14(12-17(16)20)22-27(24,25)15-7-4-13(19)5-8-15/h4-9,12,22H,2-3,10-11H2,1H3,(H,21,23). The summed E-state index contributed by atoms with van der Waals surface area (Å²) in [4.78, 5) is 12.2. The molecule has 2 N–H and O–H groups in total. The number of halogens is 2. The van der Waals surface area contributed by atoms with Gasteiger partial charge in [0.15, 0.2) is 0 Å². The predicted molar refractivity (Wildman–Crippen MR) is 107 cm³/mol. The zero-order valence-corrected chi connectivity index (χ0v) is 17.0. The number of amides is 1. The summed E-state index contributed by atoms with van der Waals surface area (Å²) in [6, 6.07) is 10.1. The Morgan fingerprint density at radius 1 is 1.11 bits per heavy atom. The van der Waals surface area contributed by atoms with Crippen LogP contribution in [0.5, 0.6) is 0 Å². The number of carbonyl (C=O) groups is 1. The quantitative estimate of drug-likeness (QED) is 0.589. The molecule has 0 saturated heterocycles. The molecule has 2 aromatic rings. The highest BCUT2D eigenvalue weighted by atomic mass is 35.5. The van der Waals surface area contributed by atoms with E-state index in [2.05, 4.69) is 10.0 Å². The van der Waals surface area contributed by atoms with Crippen molar-refractivity contribution in [3.63, 3.8) is 0 Å². The van der Waals surface area contributed by atoms with Gasteiger partial charge in [-0.25, -0.2) is 8.42 Å². The number of hydrogen-bond acceptors (Lipinski definition) is 4. The highest BCUT2D eigenvalue weighted by Gasteiger charge is 2.16. The first kappa shape index (κ1) is 21.5. The summed E-state index contributed by atoms with van der Waals surface area (Å²) in [5.74, 6) is -0.330. The minimum Gasteiger partial charge on any atom is -0.382 e. The van der Waals surface area contributed by atoms with Crippen LogP contribution < -0.4 is 10.0 Å². The average molecular weight is 431 g/mol. The van der Waals surface area contributed by atoms with Gasteiger partial charge < -0.3 is 10.1 Å². The van der Waals surface area contributed by atoms with Gasteiger partial charge in [-0.1, -0.05) is 23.2 Å². The van der Waals surface area contributed by atoms with Crippen molar-refractivity contribution in [2.75, 3.05) is 24.5 Å². The Labute approximate surface area is 168 Å². The topological polar surface area (TPSA) is 84.5 Å². The second-order valence-electron chi connectivity index (χ2n) is 5.56. The van der Waals surface area contributed by atoms with Crippen LogP contribution >= 0.6 is 23.2 Å². The van der Waals surface area contributed by atoms with E-state index in [0.29, 0.717) is 31.2 Å². The zero-order valence-electron chi connectivity index (χ0n) is 14.7. The summed E-state index contributed by atoms with van der Waals surface area (Å²) in [6.07, 6.45) is 0.691. The van der Waals surface area contributed by atoms with E-state index < -0.39 is 10.0 Å². The molecular weight excluding hydrogens is 411 g/mol. The molecule has 27 heavy (non-hydrogen) atoms. The van der Waals surface area contributed by atoms with Crippen LogP contribution in [-0.2, 0) is 14.8 Å². The Morgan fingerprint density at radius 3 is 2.44 bits per heavy atom. The minimum absolute atomic E-state index is 0.0686. The van der Waals surface area contributed by atoms with Gasteiger partial charge in [-0.2, -0.15) is 0 Å². The number of nitrogens with one attached hydrogen (secondary N) is 2. The molecule has 0 heterocycles. The SMILES string of the molecule is CCOCCCNC(=O)c1ccc(NS(=O)(=O)c2ccc(Cl)cc2)cc1Cl. The molecule has 0 bridgehead atoms. The number of sulfonamides is 1. The van der Waals surface area contributed by atoms with E-state index in [1.807, 2.05) is 6.92 Å². The Bertz CT molecular complexity index is 887. The summed E-state index contributed by atoms with van der Waals surface area (Å²) in [7, 11) is -3.78. The maximum absolute atomic E-state index is 12.4. The van der Waals surface area contributed by atoms with Gasteiger partial charge >= 0.3 is 0 Å². The van der Waals surface area contributed by atoms with Gasteiger partial charge in [-0.3, -0.25) is 9.52 Å². The number of carbonyl (C=O) groups excluding carboxylic acids is 1. The summed E-state index contributed by atoms with van der Waals surface area (Å²) in [5.41, 5.74) is 0.519. The first-order valence-electron chi connectivity index (χ1n) is 8.27. The maximum atomic E-state index is 12.4. The molecule has 0 spiro atoms. The summed E-state index contributed by atoms with van der Waals surface area (Å²) < 4.78 is 32.4. The minimum atomic E-state index is -3.78. The van der Waals surface area contributed by atoms with Crippen LogP contribution in [0.25, 0.3) is 0 Å². The molecule has 0 unspecified atom stereocenters. The highest BCUT2D eigenvalue weighted by Crippen LogP contribution is 2.24. The third-order valence-electron chi connectivity index (χ3n) is 3.54. The molecule has 9 heteroatoms. The van der Waals surface area contributed by atoms with E-state index in [0.717, 1.165) is 0 Å². The normalized spacial score (nSPS) is 11.2. The van der Waals surface area contributed by atoms with Crippen LogP contribution in [-0.4, -0.2) is 34.1 Å². The van der Waals surface area contributed by atoms with Crippen molar-refractivity contribution >= 4 is 44.8 Å². The fourth-order valence-electron chi connectivity index (χ4n) is 2.21. The Morgan fingerprint density at radius 2 is 1.81 bits per heavy atom. The number of ether oxygens (including phenoxy) is 1. The molecule has 0 aliphatic rings. The Hall–Kier alpha value is -1.80. The van der Waals surface area contributed by atoms with Gasteiger partial charge in [-0.15, -0.1) is 0 Å². The van der Waals surface area contributed by atoms with Gasteiger partial charge in [0.25, 0.3) is 15.9 Å². The van der Waals surface area contributed by atoms with E-state index in [-0.39, 0.29) is 27.1 Å². The monoisotopic (exact) mass is 430 g/mol. The van der Waals surface area contributed by atoms with Gasteiger partial charge in [0.2, 0.25) is 0 Å². The molecule has 0 aromatic heterocycles. The van der Waals surface area contributed by atoms with Crippen molar-refractivity contribution in [1.29, 1.82) is 0 Å². The van der Waals surface area contributed by atoms with Crippen molar-refractivity contribution in [3.05, 3.63) is 58.1 Å². The smallest absolute Gasteiger partial charge is 0.261 e. The summed E-state index contributed by atoms with van der Waals surface area (Å²) in [5, 5.41) is 3.33. The van der Waals surface area contributed by atoms with Crippen LogP contribution in [0, 0.1) is 0 Å². The molecule has 146 valence electrons. The van der Waals surface area contributed by atoms with Crippen LogP contribution in [0.15, 0.2) is 47.4 Å². The molecule has 2 rings (SSSR count). The lowest BCUT2D eigenvalue weighted by atomic mass is 10.2. The molecule has 0 aliphatic heterocycles. The molecule has 2 aromatic carbocycles. The molecule has 0 saturated carbocycles. The van der Waals surface area contributed by atoms with Crippen LogP contribution in [0.2, 0.25) is 10.0 Å². The second-order valence-corrected chi connectivity index (χ2v) is 8.09.